The van der Waals surface area contributed by atoms with Gasteiger partial charge in [0.25, 0.3) is 5.91 Å². The molecule has 0 bridgehead atoms. The molecule has 8 heteroatoms. The number of amides is 1. The predicted octanol–water partition coefficient (Wildman–Crippen LogP) is 1.77. The van der Waals surface area contributed by atoms with Crippen molar-refractivity contribution < 1.29 is 4.79 Å². The molecule has 3 aromatic rings. The number of rotatable bonds is 4. The van der Waals surface area contributed by atoms with E-state index in [0.29, 0.717) is 11.6 Å². The number of hydrogen-bond acceptors (Lipinski definition) is 6. The zero-order valence-electron chi connectivity index (χ0n) is 14.2. The van der Waals surface area contributed by atoms with Gasteiger partial charge >= 0.3 is 0 Å². The maximum atomic E-state index is 12.8. The van der Waals surface area contributed by atoms with Gasteiger partial charge in [-0.05, 0) is 53.6 Å². The largest absolute Gasteiger partial charge is 0.381 e. The van der Waals surface area contributed by atoms with E-state index in [4.69, 9.17) is 0 Å². The van der Waals surface area contributed by atoms with Crippen LogP contribution in [0, 0.1) is 0 Å². The SMILES string of the molecule is O=C(c1cccc(-n2cnnn2)c1)N1CCC(Nc2cccnc2)CC1. The quantitative estimate of drug-likeness (QED) is 0.772. The van der Waals surface area contributed by atoms with Crippen LogP contribution < -0.4 is 5.32 Å². The van der Waals surface area contributed by atoms with Crippen molar-refractivity contribution in [2.45, 2.75) is 18.9 Å². The highest BCUT2D eigenvalue weighted by Crippen LogP contribution is 2.18. The first kappa shape index (κ1) is 16.2. The van der Waals surface area contributed by atoms with E-state index in [1.54, 1.807) is 10.9 Å². The lowest BCUT2D eigenvalue weighted by Crippen LogP contribution is -2.42. The highest BCUT2D eigenvalue weighted by atomic mass is 16.2. The number of hydrogen-bond donors (Lipinski definition) is 1. The second-order valence-electron chi connectivity index (χ2n) is 6.26. The molecule has 1 aliphatic rings. The van der Waals surface area contributed by atoms with Gasteiger partial charge in [0.15, 0.2) is 0 Å². The summed E-state index contributed by atoms with van der Waals surface area (Å²) < 4.78 is 1.54. The second kappa shape index (κ2) is 7.30. The van der Waals surface area contributed by atoms with Gasteiger partial charge in [-0.15, -0.1) is 5.10 Å². The van der Waals surface area contributed by atoms with Gasteiger partial charge in [-0.2, -0.15) is 0 Å². The van der Waals surface area contributed by atoms with E-state index in [2.05, 4.69) is 25.8 Å². The van der Waals surface area contributed by atoms with E-state index < -0.39 is 0 Å². The Morgan fingerprint density at radius 1 is 1.15 bits per heavy atom. The molecule has 1 amide bonds. The Balaban J connectivity index is 1.39. The number of carbonyl (C=O) groups excluding carboxylic acids is 1. The highest BCUT2D eigenvalue weighted by Gasteiger charge is 2.23. The number of carbonyl (C=O) groups is 1. The van der Waals surface area contributed by atoms with Crippen LogP contribution in [0.15, 0.2) is 55.1 Å². The fourth-order valence-corrected chi connectivity index (χ4v) is 3.15. The molecule has 8 nitrogen and oxygen atoms in total. The Hall–Kier alpha value is -3.29. The summed E-state index contributed by atoms with van der Waals surface area (Å²) in [7, 11) is 0. The molecule has 1 N–H and O–H groups in total. The van der Waals surface area contributed by atoms with Crippen molar-refractivity contribution in [1.29, 1.82) is 0 Å². The Morgan fingerprint density at radius 2 is 2.04 bits per heavy atom. The summed E-state index contributed by atoms with van der Waals surface area (Å²) in [5, 5.41) is 14.6. The molecule has 3 heterocycles. The Labute approximate surface area is 150 Å². The summed E-state index contributed by atoms with van der Waals surface area (Å²) in [4.78, 5) is 18.8. The number of tetrazole rings is 1. The Kier molecular flexibility index (Phi) is 4.55. The lowest BCUT2D eigenvalue weighted by molar-refractivity contribution is 0.0718. The van der Waals surface area contributed by atoms with Gasteiger partial charge in [0.05, 0.1) is 11.4 Å². The summed E-state index contributed by atoms with van der Waals surface area (Å²) >= 11 is 0. The number of piperidine rings is 1. The van der Waals surface area contributed by atoms with Crippen molar-refractivity contribution in [1.82, 2.24) is 30.1 Å². The minimum absolute atomic E-state index is 0.0414. The van der Waals surface area contributed by atoms with E-state index in [9.17, 15) is 4.79 Å². The summed E-state index contributed by atoms with van der Waals surface area (Å²) in [6.07, 6.45) is 6.91. The van der Waals surface area contributed by atoms with Crippen molar-refractivity contribution >= 4 is 11.6 Å². The van der Waals surface area contributed by atoms with E-state index in [1.165, 1.54) is 6.33 Å². The molecule has 0 atom stereocenters. The minimum atomic E-state index is 0.0414. The molecule has 1 aliphatic heterocycles. The maximum absolute atomic E-state index is 12.8. The van der Waals surface area contributed by atoms with Gasteiger partial charge in [0, 0.05) is 37.1 Å². The third-order valence-corrected chi connectivity index (χ3v) is 4.52. The molecular weight excluding hydrogens is 330 g/mol. The normalized spacial score (nSPS) is 15.0. The first-order valence-corrected chi connectivity index (χ1v) is 8.59. The van der Waals surface area contributed by atoms with Crippen LogP contribution in [0.5, 0.6) is 0 Å². The van der Waals surface area contributed by atoms with Gasteiger partial charge < -0.3 is 10.2 Å². The van der Waals surface area contributed by atoms with E-state index in [1.807, 2.05) is 47.5 Å². The standard InChI is InChI=1S/C18H19N7O/c26-18(14-3-1-5-17(11-14)25-13-20-22-23-25)24-9-6-15(7-10-24)21-16-4-2-8-19-12-16/h1-5,8,11-13,15,21H,6-7,9-10H2. The average molecular weight is 349 g/mol. The number of aromatic nitrogens is 5. The summed E-state index contributed by atoms with van der Waals surface area (Å²) in [5.74, 6) is 0.0414. The number of nitrogens with zero attached hydrogens (tertiary/aromatic N) is 6. The summed E-state index contributed by atoms with van der Waals surface area (Å²) in [6.45, 7) is 1.46. The van der Waals surface area contributed by atoms with Gasteiger partial charge in [-0.1, -0.05) is 6.07 Å². The first-order chi connectivity index (χ1) is 12.8. The van der Waals surface area contributed by atoms with Crippen LogP contribution in [0.2, 0.25) is 0 Å². The van der Waals surface area contributed by atoms with Gasteiger partial charge in [0.2, 0.25) is 0 Å². The van der Waals surface area contributed by atoms with Gasteiger partial charge in [-0.25, -0.2) is 4.68 Å². The first-order valence-electron chi connectivity index (χ1n) is 8.59. The van der Waals surface area contributed by atoms with Crippen LogP contribution in [0.1, 0.15) is 23.2 Å². The van der Waals surface area contributed by atoms with E-state index >= 15 is 0 Å². The number of benzene rings is 1. The third kappa shape index (κ3) is 3.53. The zero-order valence-corrected chi connectivity index (χ0v) is 14.2. The smallest absolute Gasteiger partial charge is 0.253 e. The molecule has 1 aromatic carbocycles. The lowest BCUT2D eigenvalue weighted by Gasteiger charge is -2.33. The third-order valence-electron chi connectivity index (χ3n) is 4.52. The lowest BCUT2D eigenvalue weighted by atomic mass is 10.0. The molecule has 0 aliphatic carbocycles. The minimum Gasteiger partial charge on any atom is -0.381 e. The number of likely N-dealkylation sites (tertiary alicyclic amines) is 1. The zero-order chi connectivity index (χ0) is 17.8. The molecule has 1 fully saturated rings. The molecule has 2 aromatic heterocycles. The van der Waals surface area contributed by atoms with E-state index in [0.717, 1.165) is 37.3 Å². The molecule has 0 unspecified atom stereocenters. The molecule has 0 spiro atoms. The number of anilines is 1. The van der Waals surface area contributed by atoms with Gasteiger partial charge in [-0.3, -0.25) is 9.78 Å². The topological polar surface area (TPSA) is 88.8 Å². The van der Waals surface area contributed by atoms with Crippen molar-refractivity contribution in [3.8, 4) is 5.69 Å². The molecule has 0 saturated carbocycles. The van der Waals surface area contributed by atoms with Crippen LogP contribution in [0.3, 0.4) is 0 Å². The van der Waals surface area contributed by atoms with Gasteiger partial charge in [0.1, 0.15) is 6.33 Å². The van der Waals surface area contributed by atoms with E-state index in [-0.39, 0.29) is 5.91 Å². The molecule has 132 valence electrons. The van der Waals surface area contributed by atoms with Crippen LogP contribution >= 0.6 is 0 Å². The fourth-order valence-electron chi connectivity index (χ4n) is 3.15. The molecular formula is C18H19N7O. The van der Waals surface area contributed by atoms with Crippen LogP contribution in [0.4, 0.5) is 5.69 Å². The fraction of sp³-hybridized carbons (Fsp3) is 0.278. The average Bonchev–Trinajstić information content (AvgIpc) is 3.24. The number of pyridine rings is 1. The van der Waals surface area contributed by atoms with Crippen LogP contribution in [-0.4, -0.2) is 55.1 Å². The molecule has 1 saturated heterocycles. The van der Waals surface area contributed by atoms with Crippen molar-refractivity contribution in [3.63, 3.8) is 0 Å². The molecule has 26 heavy (non-hydrogen) atoms. The Morgan fingerprint density at radius 3 is 2.77 bits per heavy atom. The highest BCUT2D eigenvalue weighted by molar-refractivity contribution is 5.94. The maximum Gasteiger partial charge on any atom is 0.253 e. The predicted molar refractivity (Wildman–Crippen MR) is 95.9 cm³/mol. The molecule has 4 rings (SSSR count). The van der Waals surface area contributed by atoms with Crippen LogP contribution in [-0.2, 0) is 0 Å². The summed E-state index contributed by atoms with van der Waals surface area (Å²) in [6, 6.07) is 11.6. The number of nitrogens with one attached hydrogen (secondary N) is 1. The summed E-state index contributed by atoms with van der Waals surface area (Å²) in [5.41, 5.74) is 2.44. The van der Waals surface area contributed by atoms with Crippen LogP contribution in [0.25, 0.3) is 5.69 Å². The monoisotopic (exact) mass is 349 g/mol. The molecule has 0 radical (unpaired) electrons. The van der Waals surface area contributed by atoms with Crippen molar-refractivity contribution in [2.24, 2.45) is 0 Å². The second-order valence-corrected chi connectivity index (χ2v) is 6.26. The Bertz CT molecular complexity index is 858. The van der Waals surface area contributed by atoms with Crippen molar-refractivity contribution in [3.05, 3.63) is 60.7 Å². The van der Waals surface area contributed by atoms with Crippen molar-refractivity contribution in [2.75, 3.05) is 18.4 Å².